The summed E-state index contributed by atoms with van der Waals surface area (Å²) in [6, 6.07) is 7.40. The number of hydrogen-bond donors (Lipinski definition) is 1. The second kappa shape index (κ2) is 5.15. The number of halogens is 1. The van der Waals surface area contributed by atoms with Gasteiger partial charge in [-0.15, -0.1) is 0 Å². The highest BCUT2D eigenvalue weighted by Crippen LogP contribution is 2.22. The van der Waals surface area contributed by atoms with Crippen LogP contribution in [-0.4, -0.2) is 6.04 Å². The highest BCUT2D eigenvalue weighted by molar-refractivity contribution is 5.45. The van der Waals surface area contributed by atoms with Crippen LogP contribution >= 0.6 is 0 Å². The Balaban J connectivity index is 1.98. The van der Waals surface area contributed by atoms with Crippen molar-refractivity contribution >= 4 is 5.69 Å². The van der Waals surface area contributed by atoms with Gasteiger partial charge in [-0.2, -0.15) is 0 Å². The summed E-state index contributed by atoms with van der Waals surface area (Å²) in [6.07, 6.45) is 7.55. The van der Waals surface area contributed by atoms with E-state index in [0.29, 0.717) is 11.7 Å². The third-order valence-electron chi connectivity index (χ3n) is 3.09. The van der Waals surface area contributed by atoms with Crippen LogP contribution < -0.4 is 5.32 Å². The molecule has 0 amide bonds. The molecule has 0 bridgehead atoms. The predicted molar refractivity (Wildman–Crippen MR) is 61.5 cm³/mol. The minimum absolute atomic E-state index is 0.137. The summed E-state index contributed by atoms with van der Waals surface area (Å²) in [5, 5.41) is 3.31. The zero-order valence-corrected chi connectivity index (χ0v) is 9.01. The summed E-state index contributed by atoms with van der Waals surface area (Å²) in [5.41, 5.74) is 0.657. The molecule has 82 valence electrons. The standard InChI is InChI=1S/C13H18FN/c14-12-9-5-6-10-13(12)15-11-7-3-1-2-4-8-11/h5-6,9-11,15H,1-4,7-8H2. The van der Waals surface area contributed by atoms with Crippen molar-refractivity contribution in [2.24, 2.45) is 0 Å². The average Bonchev–Trinajstić information content (AvgIpc) is 2.50. The Morgan fingerprint density at radius 2 is 1.67 bits per heavy atom. The van der Waals surface area contributed by atoms with Gasteiger partial charge in [0, 0.05) is 6.04 Å². The van der Waals surface area contributed by atoms with Crippen molar-refractivity contribution in [2.45, 2.75) is 44.6 Å². The fourth-order valence-corrected chi connectivity index (χ4v) is 2.22. The zero-order valence-electron chi connectivity index (χ0n) is 9.01. The maximum Gasteiger partial charge on any atom is 0.146 e. The van der Waals surface area contributed by atoms with E-state index in [2.05, 4.69) is 5.32 Å². The zero-order chi connectivity index (χ0) is 10.5. The first-order chi connectivity index (χ1) is 7.36. The van der Waals surface area contributed by atoms with Crippen LogP contribution in [0.5, 0.6) is 0 Å². The molecule has 0 aliphatic heterocycles. The molecular formula is C13H18FN. The maximum absolute atomic E-state index is 13.4. The van der Waals surface area contributed by atoms with E-state index in [-0.39, 0.29) is 5.82 Å². The van der Waals surface area contributed by atoms with E-state index >= 15 is 0 Å². The summed E-state index contributed by atoms with van der Waals surface area (Å²) >= 11 is 0. The molecule has 1 aliphatic carbocycles. The first-order valence-corrected chi connectivity index (χ1v) is 5.87. The largest absolute Gasteiger partial charge is 0.380 e. The Morgan fingerprint density at radius 1 is 1.00 bits per heavy atom. The van der Waals surface area contributed by atoms with E-state index in [1.807, 2.05) is 12.1 Å². The molecule has 0 spiro atoms. The van der Waals surface area contributed by atoms with E-state index < -0.39 is 0 Å². The lowest BCUT2D eigenvalue weighted by molar-refractivity contribution is 0.597. The van der Waals surface area contributed by atoms with E-state index in [9.17, 15) is 4.39 Å². The van der Waals surface area contributed by atoms with Crippen molar-refractivity contribution in [1.82, 2.24) is 0 Å². The molecule has 1 aromatic rings. The smallest absolute Gasteiger partial charge is 0.146 e. The van der Waals surface area contributed by atoms with Crippen LogP contribution in [0.2, 0.25) is 0 Å². The molecule has 0 heterocycles. The van der Waals surface area contributed by atoms with Crippen LogP contribution in [0.15, 0.2) is 24.3 Å². The molecule has 15 heavy (non-hydrogen) atoms. The lowest BCUT2D eigenvalue weighted by atomic mass is 10.1. The van der Waals surface area contributed by atoms with Gasteiger partial charge in [0.2, 0.25) is 0 Å². The van der Waals surface area contributed by atoms with Crippen LogP contribution in [0.25, 0.3) is 0 Å². The number of rotatable bonds is 2. The fourth-order valence-electron chi connectivity index (χ4n) is 2.22. The molecule has 1 saturated carbocycles. The first-order valence-electron chi connectivity index (χ1n) is 5.87. The highest BCUT2D eigenvalue weighted by atomic mass is 19.1. The average molecular weight is 207 g/mol. The molecule has 0 radical (unpaired) electrons. The van der Waals surface area contributed by atoms with Crippen LogP contribution in [0.3, 0.4) is 0 Å². The van der Waals surface area contributed by atoms with Gasteiger partial charge >= 0.3 is 0 Å². The molecule has 0 unspecified atom stereocenters. The Labute approximate surface area is 90.7 Å². The van der Waals surface area contributed by atoms with Gasteiger partial charge in [-0.3, -0.25) is 0 Å². The number of nitrogens with one attached hydrogen (secondary N) is 1. The van der Waals surface area contributed by atoms with Gasteiger partial charge in [0.15, 0.2) is 0 Å². The molecule has 1 nitrogen and oxygen atoms in total. The van der Waals surface area contributed by atoms with E-state index in [0.717, 1.165) is 0 Å². The molecule has 1 aromatic carbocycles. The topological polar surface area (TPSA) is 12.0 Å². The van der Waals surface area contributed by atoms with Crippen LogP contribution in [0.4, 0.5) is 10.1 Å². The van der Waals surface area contributed by atoms with Crippen LogP contribution in [0.1, 0.15) is 38.5 Å². The normalized spacial score (nSPS) is 18.5. The van der Waals surface area contributed by atoms with Crippen LogP contribution in [-0.2, 0) is 0 Å². The van der Waals surface area contributed by atoms with Gasteiger partial charge in [0.1, 0.15) is 5.82 Å². The lowest BCUT2D eigenvalue weighted by Gasteiger charge is -2.17. The minimum Gasteiger partial charge on any atom is -0.380 e. The predicted octanol–water partition coefficient (Wildman–Crippen LogP) is 3.96. The summed E-state index contributed by atoms with van der Waals surface area (Å²) in [7, 11) is 0. The molecule has 1 N–H and O–H groups in total. The van der Waals surface area contributed by atoms with Gasteiger partial charge < -0.3 is 5.32 Å². The van der Waals surface area contributed by atoms with Crippen molar-refractivity contribution in [3.05, 3.63) is 30.1 Å². The third-order valence-corrected chi connectivity index (χ3v) is 3.09. The Hall–Kier alpha value is -1.05. The number of anilines is 1. The SMILES string of the molecule is Fc1ccccc1NC1CCCCCC1. The van der Waals surface area contributed by atoms with Gasteiger partial charge in [0.05, 0.1) is 5.69 Å². The summed E-state index contributed by atoms with van der Waals surface area (Å²) < 4.78 is 13.4. The van der Waals surface area contributed by atoms with E-state index in [1.54, 1.807) is 6.07 Å². The quantitative estimate of drug-likeness (QED) is 0.724. The van der Waals surface area contributed by atoms with Crippen molar-refractivity contribution in [2.75, 3.05) is 5.32 Å². The second-order valence-corrected chi connectivity index (χ2v) is 4.31. The van der Waals surface area contributed by atoms with E-state index in [1.165, 1.54) is 44.6 Å². The highest BCUT2D eigenvalue weighted by Gasteiger charge is 2.12. The fraction of sp³-hybridized carbons (Fsp3) is 0.538. The number of hydrogen-bond acceptors (Lipinski definition) is 1. The molecular weight excluding hydrogens is 189 g/mol. The molecule has 1 aliphatic rings. The summed E-state index contributed by atoms with van der Waals surface area (Å²) in [6.45, 7) is 0. The van der Waals surface area contributed by atoms with Crippen LogP contribution in [0, 0.1) is 5.82 Å². The molecule has 2 heteroatoms. The van der Waals surface area contributed by atoms with Gasteiger partial charge in [-0.25, -0.2) is 4.39 Å². The van der Waals surface area contributed by atoms with Gasteiger partial charge in [-0.05, 0) is 25.0 Å². The number of para-hydroxylation sites is 1. The first kappa shape index (κ1) is 10.5. The second-order valence-electron chi connectivity index (χ2n) is 4.31. The van der Waals surface area contributed by atoms with E-state index in [4.69, 9.17) is 0 Å². The minimum atomic E-state index is -0.137. The summed E-state index contributed by atoms with van der Waals surface area (Å²) in [4.78, 5) is 0. The Morgan fingerprint density at radius 3 is 2.33 bits per heavy atom. The maximum atomic E-state index is 13.4. The monoisotopic (exact) mass is 207 g/mol. The Kier molecular flexibility index (Phi) is 3.59. The Bertz CT molecular complexity index is 303. The molecule has 0 saturated heterocycles. The molecule has 1 fully saturated rings. The van der Waals surface area contributed by atoms with Gasteiger partial charge in [-0.1, -0.05) is 37.8 Å². The molecule has 0 aromatic heterocycles. The van der Waals surface area contributed by atoms with Crippen molar-refractivity contribution in [3.63, 3.8) is 0 Å². The number of benzene rings is 1. The lowest BCUT2D eigenvalue weighted by Crippen LogP contribution is -2.18. The van der Waals surface area contributed by atoms with Crippen molar-refractivity contribution < 1.29 is 4.39 Å². The molecule has 2 rings (SSSR count). The van der Waals surface area contributed by atoms with Gasteiger partial charge in [0.25, 0.3) is 0 Å². The summed E-state index contributed by atoms with van der Waals surface area (Å²) in [5.74, 6) is -0.137. The van der Waals surface area contributed by atoms with Crippen molar-refractivity contribution in [3.8, 4) is 0 Å². The van der Waals surface area contributed by atoms with Crippen molar-refractivity contribution in [1.29, 1.82) is 0 Å². The third kappa shape index (κ3) is 2.95. The molecule has 0 atom stereocenters.